The van der Waals surface area contributed by atoms with Gasteiger partial charge in [0.2, 0.25) is 0 Å². The summed E-state index contributed by atoms with van der Waals surface area (Å²) >= 11 is 5.50. The first-order valence-electron chi connectivity index (χ1n) is 5.44. The summed E-state index contributed by atoms with van der Waals surface area (Å²) in [6.07, 6.45) is -0.424. The fourth-order valence-corrected chi connectivity index (χ4v) is 2.46. The summed E-state index contributed by atoms with van der Waals surface area (Å²) in [4.78, 5) is 0. The molecule has 2 aromatic rings. The average molecular weight is 421 g/mol. The zero-order chi connectivity index (χ0) is 13.1. The standard InChI is InChI=1S/C14H11BrFIO/c15-10-3-6-13(16)12(8-10)14(18)7-9-1-4-11(17)5-2-9/h1-6,8,14,18H,7H2. The van der Waals surface area contributed by atoms with E-state index in [0.717, 1.165) is 13.6 Å². The van der Waals surface area contributed by atoms with Crippen LogP contribution in [-0.2, 0) is 6.42 Å². The number of hydrogen-bond acceptors (Lipinski definition) is 1. The lowest BCUT2D eigenvalue weighted by Crippen LogP contribution is -2.04. The van der Waals surface area contributed by atoms with Crippen molar-refractivity contribution in [3.63, 3.8) is 0 Å². The lowest BCUT2D eigenvalue weighted by atomic mass is 10.0. The van der Waals surface area contributed by atoms with Crippen LogP contribution in [0.15, 0.2) is 46.9 Å². The van der Waals surface area contributed by atoms with Gasteiger partial charge in [0.15, 0.2) is 0 Å². The van der Waals surface area contributed by atoms with Gasteiger partial charge in [-0.3, -0.25) is 0 Å². The highest BCUT2D eigenvalue weighted by Gasteiger charge is 2.13. The van der Waals surface area contributed by atoms with Crippen molar-refractivity contribution in [3.05, 3.63) is 67.5 Å². The summed E-state index contributed by atoms with van der Waals surface area (Å²) in [5.41, 5.74) is 1.31. The first-order chi connectivity index (χ1) is 8.56. The maximum Gasteiger partial charge on any atom is 0.129 e. The van der Waals surface area contributed by atoms with Crippen LogP contribution in [0.4, 0.5) is 4.39 Å². The molecule has 1 nitrogen and oxygen atoms in total. The van der Waals surface area contributed by atoms with Gasteiger partial charge in [-0.2, -0.15) is 0 Å². The Bertz CT molecular complexity index is 542. The van der Waals surface area contributed by atoms with Gasteiger partial charge in [-0.15, -0.1) is 0 Å². The summed E-state index contributed by atoms with van der Waals surface area (Å²) < 4.78 is 15.5. The number of benzene rings is 2. The molecule has 0 aromatic heterocycles. The number of rotatable bonds is 3. The monoisotopic (exact) mass is 420 g/mol. The second-order valence-corrected chi connectivity index (χ2v) is 6.17. The molecule has 0 aliphatic rings. The average Bonchev–Trinajstić information content (AvgIpc) is 2.35. The molecular formula is C14H11BrFIO. The first-order valence-corrected chi connectivity index (χ1v) is 7.31. The lowest BCUT2D eigenvalue weighted by molar-refractivity contribution is 0.173. The highest BCUT2D eigenvalue weighted by atomic mass is 127. The van der Waals surface area contributed by atoms with Crippen molar-refractivity contribution >= 4 is 38.5 Å². The van der Waals surface area contributed by atoms with E-state index in [9.17, 15) is 9.50 Å². The predicted molar refractivity (Wildman–Crippen MR) is 81.9 cm³/mol. The minimum absolute atomic E-state index is 0.322. The fraction of sp³-hybridized carbons (Fsp3) is 0.143. The lowest BCUT2D eigenvalue weighted by Gasteiger charge is -2.12. The SMILES string of the molecule is OC(Cc1ccc(I)cc1)c1cc(Br)ccc1F. The van der Waals surface area contributed by atoms with E-state index >= 15 is 0 Å². The van der Waals surface area contributed by atoms with E-state index in [0.29, 0.717) is 12.0 Å². The van der Waals surface area contributed by atoms with Crippen molar-refractivity contribution in [1.29, 1.82) is 0 Å². The maximum atomic E-state index is 13.6. The molecule has 0 aliphatic heterocycles. The zero-order valence-corrected chi connectivity index (χ0v) is 13.2. The van der Waals surface area contributed by atoms with Crippen LogP contribution in [-0.4, -0.2) is 5.11 Å². The van der Waals surface area contributed by atoms with E-state index in [1.807, 2.05) is 24.3 Å². The van der Waals surface area contributed by atoms with Crippen molar-refractivity contribution in [3.8, 4) is 0 Å². The van der Waals surface area contributed by atoms with Gasteiger partial charge >= 0.3 is 0 Å². The fourth-order valence-electron chi connectivity index (χ4n) is 1.72. The second-order valence-electron chi connectivity index (χ2n) is 4.01. The number of aliphatic hydroxyl groups excluding tert-OH is 1. The summed E-state index contributed by atoms with van der Waals surface area (Å²) in [6, 6.07) is 12.4. The number of halogens is 3. The molecule has 0 spiro atoms. The number of hydrogen-bond donors (Lipinski definition) is 1. The molecule has 1 N–H and O–H groups in total. The molecule has 2 aromatic carbocycles. The topological polar surface area (TPSA) is 20.2 Å². The van der Waals surface area contributed by atoms with E-state index < -0.39 is 6.10 Å². The summed E-state index contributed by atoms with van der Waals surface area (Å²) in [5.74, 6) is -0.379. The third-order valence-electron chi connectivity index (χ3n) is 2.66. The molecule has 0 aliphatic carbocycles. The Morgan fingerprint density at radius 3 is 2.50 bits per heavy atom. The summed E-state index contributed by atoms with van der Waals surface area (Å²) in [7, 11) is 0. The molecule has 0 heterocycles. The van der Waals surface area contributed by atoms with Crippen LogP contribution in [0.3, 0.4) is 0 Å². The Morgan fingerprint density at radius 1 is 1.17 bits per heavy atom. The molecular weight excluding hydrogens is 410 g/mol. The van der Waals surface area contributed by atoms with E-state index in [1.165, 1.54) is 6.07 Å². The Morgan fingerprint density at radius 2 is 1.83 bits per heavy atom. The van der Waals surface area contributed by atoms with Crippen molar-refractivity contribution < 1.29 is 9.50 Å². The van der Waals surface area contributed by atoms with Gasteiger partial charge in [-0.1, -0.05) is 28.1 Å². The van der Waals surface area contributed by atoms with E-state index in [2.05, 4.69) is 38.5 Å². The maximum absolute atomic E-state index is 13.6. The van der Waals surface area contributed by atoms with Crippen molar-refractivity contribution in [1.82, 2.24) is 0 Å². The molecule has 1 unspecified atom stereocenters. The normalized spacial score (nSPS) is 12.4. The van der Waals surface area contributed by atoms with Crippen LogP contribution >= 0.6 is 38.5 Å². The molecule has 0 saturated heterocycles. The van der Waals surface area contributed by atoms with Gasteiger partial charge in [0.25, 0.3) is 0 Å². The minimum atomic E-state index is -0.831. The Labute approximate surface area is 127 Å². The van der Waals surface area contributed by atoms with E-state index in [4.69, 9.17) is 0 Å². The van der Waals surface area contributed by atoms with Crippen molar-refractivity contribution in [2.24, 2.45) is 0 Å². The molecule has 0 radical (unpaired) electrons. The Balaban J connectivity index is 2.18. The zero-order valence-electron chi connectivity index (χ0n) is 9.41. The van der Waals surface area contributed by atoms with Gasteiger partial charge in [-0.05, 0) is 58.5 Å². The second kappa shape index (κ2) is 6.12. The third kappa shape index (κ3) is 3.52. The van der Waals surface area contributed by atoms with E-state index in [1.54, 1.807) is 12.1 Å². The molecule has 0 saturated carbocycles. The van der Waals surface area contributed by atoms with Gasteiger partial charge in [0, 0.05) is 20.0 Å². The molecule has 2 rings (SSSR count). The smallest absolute Gasteiger partial charge is 0.129 e. The van der Waals surface area contributed by atoms with Crippen LogP contribution in [0.2, 0.25) is 0 Å². The van der Waals surface area contributed by atoms with Gasteiger partial charge < -0.3 is 5.11 Å². The van der Waals surface area contributed by atoms with Crippen LogP contribution in [0.5, 0.6) is 0 Å². The summed E-state index contributed by atoms with van der Waals surface area (Å²) in [6.45, 7) is 0. The van der Waals surface area contributed by atoms with Gasteiger partial charge in [0.05, 0.1) is 6.10 Å². The van der Waals surface area contributed by atoms with Crippen LogP contribution in [0.1, 0.15) is 17.2 Å². The van der Waals surface area contributed by atoms with Gasteiger partial charge in [-0.25, -0.2) is 4.39 Å². The summed E-state index contributed by atoms with van der Waals surface area (Å²) in [5, 5.41) is 10.1. The van der Waals surface area contributed by atoms with Crippen LogP contribution in [0, 0.1) is 9.39 Å². The van der Waals surface area contributed by atoms with Crippen molar-refractivity contribution in [2.75, 3.05) is 0 Å². The highest BCUT2D eigenvalue weighted by Crippen LogP contribution is 2.24. The Kier molecular flexibility index (Phi) is 4.75. The molecule has 1 atom stereocenters. The largest absolute Gasteiger partial charge is 0.388 e. The molecule has 4 heteroatoms. The molecule has 0 bridgehead atoms. The molecule has 18 heavy (non-hydrogen) atoms. The van der Waals surface area contributed by atoms with Crippen LogP contribution < -0.4 is 0 Å². The predicted octanol–water partition coefficient (Wildman–Crippen LogP) is 4.47. The highest BCUT2D eigenvalue weighted by molar-refractivity contribution is 14.1. The first kappa shape index (κ1) is 14.0. The van der Waals surface area contributed by atoms with E-state index in [-0.39, 0.29) is 5.82 Å². The van der Waals surface area contributed by atoms with Crippen molar-refractivity contribution in [2.45, 2.75) is 12.5 Å². The molecule has 0 fully saturated rings. The third-order valence-corrected chi connectivity index (χ3v) is 3.87. The van der Waals surface area contributed by atoms with Crippen LogP contribution in [0.25, 0.3) is 0 Å². The van der Waals surface area contributed by atoms with Gasteiger partial charge in [0.1, 0.15) is 5.82 Å². The molecule has 94 valence electrons. The minimum Gasteiger partial charge on any atom is -0.388 e. The number of aliphatic hydroxyl groups is 1. The Hall–Kier alpha value is -0.460. The molecule has 0 amide bonds. The quantitative estimate of drug-likeness (QED) is 0.726.